The SMILES string of the molecule is CC(=O)NC[C@H]1CN(c2ccc(N3C=NN(C(=S)OCCO)CC3)c(F)c2)C(=O)O1. The molecule has 2 aliphatic rings. The lowest BCUT2D eigenvalue weighted by molar-refractivity contribution is -0.119. The summed E-state index contributed by atoms with van der Waals surface area (Å²) in [7, 11) is 0. The lowest BCUT2D eigenvalue weighted by Crippen LogP contribution is -2.41. The fraction of sp³-hybridized carbons (Fsp3) is 0.444. The zero-order valence-corrected chi connectivity index (χ0v) is 17.1. The Morgan fingerprint density at radius 3 is 2.90 bits per heavy atom. The number of carbonyl (C=O) groups excluding carboxylic acids is 2. The van der Waals surface area contributed by atoms with Crippen molar-refractivity contribution in [1.82, 2.24) is 10.3 Å². The van der Waals surface area contributed by atoms with Crippen molar-refractivity contribution in [1.29, 1.82) is 0 Å². The van der Waals surface area contributed by atoms with Gasteiger partial charge in [0.2, 0.25) is 5.91 Å². The van der Waals surface area contributed by atoms with Crippen molar-refractivity contribution in [2.75, 3.05) is 49.2 Å². The van der Waals surface area contributed by atoms with Crippen molar-refractivity contribution in [3.05, 3.63) is 24.0 Å². The van der Waals surface area contributed by atoms with Gasteiger partial charge in [-0.05, 0) is 30.4 Å². The first-order chi connectivity index (χ1) is 14.4. The average Bonchev–Trinajstić information content (AvgIpc) is 3.11. The fourth-order valence-corrected chi connectivity index (χ4v) is 3.19. The van der Waals surface area contributed by atoms with Crippen LogP contribution in [0.25, 0.3) is 0 Å². The highest BCUT2D eigenvalue weighted by molar-refractivity contribution is 7.80. The quantitative estimate of drug-likeness (QED) is 0.623. The van der Waals surface area contributed by atoms with Crippen LogP contribution >= 0.6 is 12.2 Å². The summed E-state index contributed by atoms with van der Waals surface area (Å²) in [6.07, 6.45) is 0.342. The molecule has 2 heterocycles. The Bertz CT molecular complexity index is 854. The van der Waals surface area contributed by atoms with Crippen molar-refractivity contribution < 1.29 is 28.6 Å². The number of thiocarbonyl (C=S) groups is 1. The van der Waals surface area contributed by atoms with Gasteiger partial charge in [-0.1, -0.05) is 0 Å². The number of rotatable bonds is 6. The maximum atomic E-state index is 14.8. The monoisotopic (exact) mass is 439 g/mol. The van der Waals surface area contributed by atoms with Crippen LogP contribution in [0.15, 0.2) is 23.3 Å². The topological polar surface area (TPSA) is 107 Å². The van der Waals surface area contributed by atoms with Crippen LogP contribution in [0.4, 0.5) is 20.6 Å². The highest BCUT2D eigenvalue weighted by atomic mass is 32.1. The summed E-state index contributed by atoms with van der Waals surface area (Å²) in [6.45, 7) is 2.50. The second-order valence-corrected chi connectivity index (χ2v) is 6.92. The summed E-state index contributed by atoms with van der Waals surface area (Å²) in [5.41, 5.74) is 0.660. The minimum absolute atomic E-state index is 0.0786. The number of amides is 2. The molecule has 2 N–H and O–H groups in total. The number of hydrogen-bond acceptors (Lipinski definition) is 8. The van der Waals surface area contributed by atoms with E-state index in [0.717, 1.165) is 0 Å². The molecule has 10 nitrogen and oxygen atoms in total. The van der Waals surface area contributed by atoms with Crippen LogP contribution in [-0.4, -0.2) is 79.1 Å². The van der Waals surface area contributed by atoms with E-state index < -0.39 is 18.0 Å². The number of nitrogens with zero attached hydrogens (tertiary/aromatic N) is 4. The van der Waals surface area contributed by atoms with E-state index in [2.05, 4.69) is 10.4 Å². The van der Waals surface area contributed by atoms with Gasteiger partial charge in [-0.15, -0.1) is 0 Å². The van der Waals surface area contributed by atoms with Crippen LogP contribution in [0.3, 0.4) is 0 Å². The highest BCUT2D eigenvalue weighted by Gasteiger charge is 2.33. The Morgan fingerprint density at radius 2 is 2.27 bits per heavy atom. The molecule has 12 heteroatoms. The minimum atomic E-state index is -0.593. The van der Waals surface area contributed by atoms with Crippen LogP contribution < -0.4 is 15.1 Å². The molecule has 0 radical (unpaired) electrons. The summed E-state index contributed by atoms with van der Waals surface area (Å²) in [5.74, 6) is -0.744. The Morgan fingerprint density at radius 1 is 1.47 bits per heavy atom. The maximum absolute atomic E-state index is 14.8. The molecule has 0 unspecified atom stereocenters. The molecule has 1 aromatic rings. The number of carbonyl (C=O) groups is 2. The van der Waals surface area contributed by atoms with Gasteiger partial charge in [0.05, 0.1) is 37.6 Å². The van der Waals surface area contributed by atoms with Gasteiger partial charge < -0.3 is 24.8 Å². The second kappa shape index (κ2) is 9.67. The predicted octanol–water partition coefficient (Wildman–Crippen LogP) is 0.646. The molecular formula is C18H22FN5O5S. The molecule has 0 spiro atoms. The standard InChI is InChI=1S/C18H22FN5O5S/c1-12(26)20-9-14-10-23(17(27)29-14)13-2-3-16(15(19)8-13)22-4-5-24(21-11-22)18(30)28-7-6-25/h2-3,8,11,14,25H,4-7,9-10H2,1H3,(H,20,26)/t14-/m0/s1. The number of anilines is 2. The van der Waals surface area contributed by atoms with E-state index in [-0.39, 0.29) is 37.4 Å². The molecule has 0 saturated carbocycles. The van der Waals surface area contributed by atoms with Crippen molar-refractivity contribution in [2.24, 2.45) is 5.10 Å². The molecule has 2 aliphatic heterocycles. The van der Waals surface area contributed by atoms with E-state index in [1.54, 1.807) is 17.0 Å². The molecule has 1 atom stereocenters. The number of cyclic esters (lactones) is 1. The lowest BCUT2D eigenvalue weighted by Gasteiger charge is -2.30. The van der Waals surface area contributed by atoms with Crippen molar-refractivity contribution >= 4 is 47.1 Å². The zero-order chi connectivity index (χ0) is 21.7. The average molecular weight is 439 g/mol. The molecular weight excluding hydrogens is 417 g/mol. The lowest BCUT2D eigenvalue weighted by atomic mass is 10.2. The number of benzene rings is 1. The third kappa shape index (κ3) is 5.13. The Hall–Kier alpha value is -2.99. The zero-order valence-electron chi connectivity index (χ0n) is 16.3. The molecule has 1 fully saturated rings. The molecule has 0 bridgehead atoms. The van der Waals surface area contributed by atoms with Gasteiger partial charge in [0.15, 0.2) is 0 Å². The van der Waals surface area contributed by atoms with E-state index in [1.807, 2.05) is 0 Å². The van der Waals surface area contributed by atoms with Crippen LogP contribution in [0.1, 0.15) is 6.92 Å². The van der Waals surface area contributed by atoms with Crippen molar-refractivity contribution in [3.8, 4) is 0 Å². The van der Waals surface area contributed by atoms with E-state index >= 15 is 0 Å². The molecule has 162 valence electrons. The fourth-order valence-electron chi connectivity index (χ4n) is 2.96. The third-order valence-corrected chi connectivity index (χ3v) is 4.74. The summed E-state index contributed by atoms with van der Waals surface area (Å²) < 4.78 is 25.1. The normalized spacial score (nSPS) is 18.4. The Kier molecular flexibility index (Phi) is 7.00. The molecule has 30 heavy (non-hydrogen) atoms. The van der Waals surface area contributed by atoms with E-state index in [1.165, 1.54) is 29.2 Å². The van der Waals surface area contributed by atoms with Gasteiger partial charge in [-0.2, -0.15) is 5.10 Å². The van der Waals surface area contributed by atoms with Gasteiger partial charge in [0, 0.05) is 13.5 Å². The second-order valence-electron chi connectivity index (χ2n) is 6.57. The first-order valence-corrected chi connectivity index (χ1v) is 9.68. The maximum Gasteiger partial charge on any atom is 0.414 e. The number of aliphatic hydroxyl groups is 1. The van der Waals surface area contributed by atoms with Gasteiger partial charge in [0.25, 0.3) is 5.17 Å². The highest BCUT2D eigenvalue weighted by Crippen LogP contribution is 2.28. The van der Waals surface area contributed by atoms with Crippen molar-refractivity contribution in [3.63, 3.8) is 0 Å². The van der Waals surface area contributed by atoms with Gasteiger partial charge in [-0.3, -0.25) is 9.69 Å². The van der Waals surface area contributed by atoms with Crippen molar-refractivity contribution in [2.45, 2.75) is 13.0 Å². The minimum Gasteiger partial charge on any atom is -0.467 e. The summed E-state index contributed by atoms with van der Waals surface area (Å²) in [4.78, 5) is 26.0. The van der Waals surface area contributed by atoms with Gasteiger partial charge in [-0.25, -0.2) is 14.2 Å². The van der Waals surface area contributed by atoms with Crippen LogP contribution in [0.5, 0.6) is 0 Å². The molecule has 0 aromatic heterocycles. The number of hydrogen-bond donors (Lipinski definition) is 2. The third-order valence-electron chi connectivity index (χ3n) is 4.42. The molecule has 1 aromatic carbocycles. The summed E-state index contributed by atoms with van der Waals surface area (Å²) in [6, 6.07) is 4.43. The Labute approximate surface area is 177 Å². The largest absolute Gasteiger partial charge is 0.467 e. The molecule has 1 saturated heterocycles. The van der Waals surface area contributed by atoms with E-state index in [0.29, 0.717) is 24.5 Å². The van der Waals surface area contributed by atoms with Crippen LogP contribution in [-0.2, 0) is 14.3 Å². The summed E-state index contributed by atoms with van der Waals surface area (Å²) >= 11 is 5.07. The number of nitrogens with one attached hydrogen (secondary N) is 1. The van der Waals surface area contributed by atoms with Crippen LogP contribution in [0, 0.1) is 5.82 Å². The molecule has 2 amide bonds. The smallest absolute Gasteiger partial charge is 0.414 e. The van der Waals surface area contributed by atoms with E-state index in [9.17, 15) is 14.0 Å². The first kappa shape index (κ1) is 21.7. The predicted molar refractivity (Wildman–Crippen MR) is 111 cm³/mol. The molecule has 0 aliphatic carbocycles. The van der Waals surface area contributed by atoms with E-state index in [4.69, 9.17) is 26.8 Å². The molecule has 3 rings (SSSR count). The van der Waals surface area contributed by atoms with Gasteiger partial charge >= 0.3 is 6.09 Å². The number of hydrazone groups is 1. The number of ether oxygens (including phenoxy) is 2. The summed E-state index contributed by atoms with van der Waals surface area (Å²) in [5, 5.41) is 17.1. The number of halogens is 1. The van der Waals surface area contributed by atoms with Gasteiger partial charge in [0.1, 0.15) is 24.9 Å². The van der Waals surface area contributed by atoms with Crippen LogP contribution in [0.2, 0.25) is 0 Å². The first-order valence-electron chi connectivity index (χ1n) is 9.27. The number of aliphatic hydroxyl groups excluding tert-OH is 1. The Balaban J connectivity index is 1.64.